The van der Waals surface area contributed by atoms with Crippen molar-refractivity contribution in [2.75, 3.05) is 6.61 Å². The molecule has 1 heterocycles. The fourth-order valence-electron chi connectivity index (χ4n) is 2.01. The normalized spacial score (nSPS) is 10.8. The lowest BCUT2D eigenvalue weighted by atomic mass is 10.1. The SMILES string of the molecule is O=C(COc1ccc(Br)cc1Cl)c1coc2ccccc12. The Kier molecular flexibility index (Phi) is 3.99. The molecule has 0 radical (unpaired) electrons. The Labute approximate surface area is 134 Å². The van der Waals surface area contributed by atoms with Crippen LogP contribution in [0.5, 0.6) is 5.75 Å². The van der Waals surface area contributed by atoms with E-state index in [1.165, 1.54) is 6.26 Å². The Bertz CT molecular complexity index is 810. The second kappa shape index (κ2) is 5.92. The third-order valence-corrected chi connectivity index (χ3v) is 3.82. The van der Waals surface area contributed by atoms with Crippen molar-refractivity contribution in [3.63, 3.8) is 0 Å². The summed E-state index contributed by atoms with van der Waals surface area (Å²) in [6, 6.07) is 12.6. The van der Waals surface area contributed by atoms with E-state index in [0.29, 0.717) is 21.9 Å². The van der Waals surface area contributed by atoms with Crippen molar-refractivity contribution in [2.45, 2.75) is 0 Å². The number of benzene rings is 2. The Morgan fingerprint density at radius 1 is 1.24 bits per heavy atom. The Morgan fingerprint density at radius 3 is 2.86 bits per heavy atom. The summed E-state index contributed by atoms with van der Waals surface area (Å²) in [7, 11) is 0. The van der Waals surface area contributed by atoms with Gasteiger partial charge in [-0.05, 0) is 24.3 Å². The second-order valence-corrected chi connectivity index (χ2v) is 5.76. The van der Waals surface area contributed by atoms with E-state index in [-0.39, 0.29) is 12.4 Å². The number of para-hydroxylation sites is 1. The van der Waals surface area contributed by atoms with Gasteiger partial charge in [0.05, 0.1) is 10.6 Å². The van der Waals surface area contributed by atoms with Crippen molar-refractivity contribution in [3.05, 3.63) is 63.8 Å². The predicted molar refractivity (Wildman–Crippen MR) is 85.2 cm³/mol. The summed E-state index contributed by atoms with van der Waals surface area (Å²) in [5.41, 5.74) is 1.20. The second-order valence-electron chi connectivity index (χ2n) is 4.43. The van der Waals surface area contributed by atoms with Gasteiger partial charge in [-0.15, -0.1) is 0 Å². The first-order chi connectivity index (χ1) is 10.1. The van der Waals surface area contributed by atoms with Gasteiger partial charge in [0.15, 0.2) is 6.61 Å². The Hall–Kier alpha value is -1.78. The molecule has 21 heavy (non-hydrogen) atoms. The molecule has 3 rings (SSSR count). The number of hydrogen-bond acceptors (Lipinski definition) is 3. The van der Waals surface area contributed by atoms with Gasteiger partial charge in [0.25, 0.3) is 0 Å². The molecule has 0 fully saturated rings. The standard InChI is InChI=1S/C16H10BrClO3/c17-10-5-6-16(13(18)7-10)21-9-14(19)12-8-20-15-4-2-1-3-11(12)15/h1-8H,9H2. The van der Waals surface area contributed by atoms with Crippen molar-refractivity contribution in [1.82, 2.24) is 0 Å². The monoisotopic (exact) mass is 364 g/mol. The van der Waals surface area contributed by atoms with Crippen LogP contribution < -0.4 is 4.74 Å². The summed E-state index contributed by atoms with van der Waals surface area (Å²) in [6.07, 6.45) is 1.46. The quantitative estimate of drug-likeness (QED) is 0.603. The molecule has 0 amide bonds. The number of ketones is 1. The van der Waals surface area contributed by atoms with E-state index in [1.54, 1.807) is 18.2 Å². The number of carbonyl (C=O) groups excluding carboxylic acids is 1. The van der Waals surface area contributed by atoms with Gasteiger partial charge in [-0.1, -0.05) is 45.7 Å². The third-order valence-electron chi connectivity index (χ3n) is 3.03. The molecule has 0 spiro atoms. The van der Waals surface area contributed by atoms with Crippen LogP contribution in [0.1, 0.15) is 10.4 Å². The largest absolute Gasteiger partial charge is 0.484 e. The Balaban J connectivity index is 1.77. The molecule has 2 aromatic carbocycles. The molecule has 0 aliphatic heterocycles. The molecule has 0 aliphatic rings. The summed E-state index contributed by atoms with van der Waals surface area (Å²) in [5.74, 6) is 0.319. The third kappa shape index (κ3) is 2.96. The highest BCUT2D eigenvalue weighted by atomic mass is 79.9. The summed E-state index contributed by atoms with van der Waals surface area (Å²) in [4.78, 5) is 12.2. The Morgan fingerprint density at radius 2 is 2.05 bits per heavy atom. The van der Waals surface area contributed by atoms with Gasteiger partial charge >= 0.3 is 0 Å². The van der Waals surface area contributed by atoms with Gasteiger partial charge in [-0.25, -0.2) is 0 Å². The highest BCUT2D eigenvalue weighted by Crippen LogP contribution is 2.28. The summed E-state index contributed by atoms with van der Waals surface area (Å²) in [6.45, 7) is -0.0924. The topological polar surface area (TPSA) is 39.4 Å². The molecule has 106 valence electrons. The molecular formula is C16H10BrClO3. The lowest BCUT2D eigenvalue weighted by Gasteiger charge is -2.07. The lowest BCUT2D eigenvalue weighted by molar-refractivity contribution is 0.0922. The fraction of sp³-hybridized carbons (Fsp3) is 0.0625. The van der Waals surface area contributed by atoms with E-state index in [4.69, 9.17) is 20.8 Å². The van der Waals surface area contributed by atoms with Gasteiger partial charge in [-0.3, -0.25) is 4.79 Å². The minimum absolute atomic E-state index is 0.0924. The van der Waals surface area contributed by atoms with E-state index in [9.17, 15) is 4.79 Å². The van der Waals surface area contributed by atoms with Crippen LogP contribution in [0.3, 0.4) is 0 Å². The van der Waals surface area contributed by atoms with Crippen LogP contribution in [0.4, 0.5) is 0 Å². The van der Waals surface area contributed by atoms with Gasteiger partial charge in [0.1, 0.15) is 17.6 Å². The zero-order valence-corrected chi connectivity index (χ0v) is 13.1. The maximum absolute atomic E-state index is 12.2. The maximum atomic E-state index is 12.2. The van der Waals surface area contributed by atoms with Crippen LogP contribution in [0, 0.1) is 0 Å². The molecule has 1 aromatic heterocycles. The van der Waals surface area contributed by atoms with Gasteiger partial charge in [-0.2, -0.15) is 0 Å². The summed E-state index contributed by atoms with van der Waals surface area (Å²) in [5, 5.41) is 1.24. The molecule has 0 atom stereocenters. The van der Waals surface area contributed by atoms with Crippen LogP contribution in [-0.2, 0) is 0 Å². The van der Waals surface area contributed by atoms with Crippen molar-refractivity contribution >= 4 is 44.3 Å². The first-order valence-corrected chi connectivity index (χ1v) is 7.39. The molecule has 0 aliphatic carbocycles. The van der Waals surface area contributed by atoms with Crippen LogP contribution in [0.25, 0.3) is 11.0 Å². The first-order valence-electron chi connectivity index (χ1n) is 6.22. The number of ether oxygens (including phenoxy) is 1. The van der Waals surface area contributed by atoms with Crippen molar-refractivity contribution < 1.29 is 13.9 Å². The molecular weight excluding hydrogens is 356 g/mol. The minimum Gasteiger partial charge on any atom is -0.484 e. The van der Waals surface area contributed by atoms with Crippen molar-refractivity contribution in [2.24, 2.45) is 0 Å². The number of hydrogen-bond donors (Lipinski definition) is 0. The molecule has 3 aromatic rings. The average Bonchev–Trinajstić information content (AvgIpc) is 2.90. The van der Waals surface area contributed by atoms with Crippen molar-refractivity contribution in [3.8, 4) is 5.75 Å². The number of Topliss-reactive ketones (excluding diaryl/α,β-unsaturated/α-hetero) is 1. The smallest absolute Gasteiger partial charge is 0.204 e. The first kappa shape index (κ1) is 14.2. The number of halogens is 2. The number of rotatable bonds is 4. The zero-order chi connectivity index (χ0) is 14.8. The molecule has 3 nitrogen and oxygen atoms in total. The van der Waals surface area contributed by atoms with Crippen molar-refractivity contribution in [1.29, 1.82) is 0 Å². The summed E-state index contributed by atoms with van der Waals surface area (Å²) < 4.78 is 11.7. The van der Waals surface area contributed by atoms with E-state index < -0.39 is 0 Å². The number of fused-ring (bicyclic) bond motifs is 1. The molecule has 0 unspecified atom stereocenters. The van der Waals surface area contributed by atoms with Crippen LogP contribution >= 0.6 is 27.5 Å². The van der Waals surface area contributed by atoms with E-state index >= 15 is 0 Å². The molecule has 0 saturated heterocycles. The zero-order valence-electron chi connectivity index (χ0n) is 10.8. The average molecular weight is 366 g/mol. The van der Waals surface area contributed by atoms with E-state index in [0.717, 1.165) is 9.86 Å². The highest BCUT2D eigenvalue weighted by Gasteiger charge is 2.14. The highest BCUT2D eigenvalue weighted by molar-refractivity contribution is 9.10. The van der Waals surface area contributed by atoms with E-state index in [2.05, 4.69) is 15.9 Å². The number of carbonyl (C=O) groups is 1. The van der Waals surface area contributed by atoms with Gasteiger partial charge < -0.3 is 9.15 Å². The predicted octanol–water partition coefficient (Wildman–Crippen LogP) is 5.11. The molecule has 0 saturated carbocycles. The van der Waals surface area contributed by atoms with Gasteiger partial charge in [0.2, 0.25) is 5.78 Å². The van der Waals surface area contributed by atoms with E-state index in [1.807, 2.05) is 24.3 Å². The lowest BCUT2D eigenvalue weighted by Crippen LogP contribution is -2.11. The summed E-state index contributed by atoms with van der Waals surface area (Å²) >= 11 is 9.36. The van der Waals surface area contributed by atoms with Crippen LogP contribution in [-0.4, -0.2) is 12.4 Å². The molecule has 0 N–H and O–H groups in total. The fourth-order valence-corrected chi connectivity index (χ4v) is 2.74. The maximum Gasteiger partial charge on any atom is 0.204 e. The van der Waals surface area contributed by atoms with Gasteiger partial charge in [0, 0.05) is 9.86 Å². The minimum atomic E-state index is -0.154. The number of furan rings is 1. The molecule has 5 heteroatoms. The molecule has 0 bridgehead atoms. The van der Waals surface area contributed by atoms with Crippen LogP contribution in [0.2, 0.25) is 5.02 Å². The van der Waals surface area contributed by atoms with Crippen LogP contribution in [0.15, 0.2) is 57.6 Å².